The average Bonchev–Trinajstić information content (AvgIpc) is 2.69. The summed E-state index contributed by atoms with van der Waals surface area (Å²) in [7, 11) is 7.53. The Kier molecular flexibility index (Phi) is 6.76. The van der Waals surface area contributed by atoms with Gasteiger partial charge in [-0.15, -0.1) is 0 Å². The maximum absolute atomic E-state index is 12.7. The number of carbonyl (C=O) groups excluding carboxylic acids is 1. The van der Waals surface area contributed by atoms with Gasteiger partial charge in [0.2, 0.25) is 0 Å². The summed E-state index contributed by atoms with van der Waals surface area (Å²) in [5, 5.41) is 10.2. The van der Waals surface area contributed by atoms with Gasteiger partial charge in [-0.3, -0.25) is 4.79 Å². The Hall–Kier alpha value is -3.09. The first-order chi connectivity index (χ1) is 13.0. The Morgan fingerprint density at radius 1 is 0.704 bits per heavy atom. The van der Waals surface area contributed by atoms with E-state index in [4.69, 9.17) is 23.7 Å². The quantitative estimate of drug-likeness (QED) is 0.720. The lowest BCUT2D eigenvalue weighted by Crippen LogP contribution is -2.10. The first-order valence-corrected chi connectivity index (χ1v) is 8.21. The van der Waals surface area contributed by atoms with Gasteiger partial charge in [0.05, 0.1) is 35.5 Å². The van der Waals surface area contributed by atoms with E-state index in [1.165, 1.54) is 41.6 Å². The van der Waals surface area contributed by atoms with Crippen molar-refractivity contribution in [2.75, 3.05) is 35.5 Å². The van der Waals surface area contributed by atoms with Crippen LogP contribution in [-0.4, -0.2) is 46.4 Å². The average molecular weight is 376 g/mol. The fraction of sp³-hybridized carbons (Fsp3) is 0.350. The maximum Gasteiger partial charge on any atom is 0.142 e. The van der Waals surface area contributed by atoms with Crippen molar-refractivity contribution in [3.05, 3.63) is 35.4 Å². The smallest absolute Gasteiger partial charge is 0.142 e. The molecule has 2 aromatic rings. The summed E-state index contributed by atoms with van der Waals surface area (Å²) < 4.78 is 26.4. The fourth-order valence-corrected chi connectivity index (χ4v) is 2.79. The van der Waals surface area contributed by atoms with E-state index in [1.807, 2.05) is 0 Å². The number of ether oxygens (including phenoxy) is 5. The standard InChI is InChI=1S/C20H24O7/c1-23-13-8-17(22)15(18(9-13)25-3)6-12(21)7-16-19(26-4)10-14(24-2)11-20(16)27-5/h8-11,22H,6-7H2,1-5H3. The molecule has 0 atom stereocenters. The molecule has 0 aliphatic carbocycles. The topological polar surface area (TPSA) is 83.5 Å². The highest BCUT2D eigenvalue weighted by atomic mass is 16.5. The summed E-state index contributed by atoms with van der Waals surface area (Å²) in [6.07, 6.45) is 0.0440. The van der Waals surface area contributed by atoms with Gasteiger partial charge >= 0.3 is 0 Å². The Labute approximate surface area is 158 Å². The molecule has 0 aromatic heterocycles. The molecule has 0 amide bonds. The number of benzene rings is 2. The maximum atomic E-state index is 12.7. The van der Waals surface area contributed by atoms with E-state index in [9.17, 15) is 9.90 Å². The zero-order valence-electron chi connectivity index (χ0n) is 16.1. The fourth-order valence-electron chi connectivity index (χ4n) is 2.79. The molecule has 0 heterocycles. The molecule has 0 saturated carbocycles. The zero-order chi connectivity index (χ0) is 20.0. The van der Waals surface area contributed by atoms with Crippen molar-refractivity contribution in [3.8, 4) is 34.5 Å². The number of carbonyl (C=O) groups is 1. The minimum Gasteiger partial charge on any atom is -0.507 e. The number of rotatable bonds is 9. The van der Waals surface area contributed by atoms with Gasteiger partial charge < -0.3 is 28.8 Å². The second-order valence-electron chi connectivity index (χ2n) is 5.73. The molecule has 0 aliphatic heterocycles. The van der Waals surface area contributed by atoms with Crippen LogP contribution in [0.25, 0.3) is 0 Å². The third-order valence-corrected chi connectivity index (χ3v) is 4.18. The zero-order valence-corrected chi connectivity index (χ0v) is 16.1. The normalized spacial score (nSPS) is 10.3. The summed E-state index contributed by atoms with van der Waals surface area (Å²) >= 11 is 0. The number of hydrogen-bond acceptors (Lipinski definition) is 7. The number of aromatic hydroxyl groups is 1. The van der Waals surface area contributed by atoms with Crippen molar-refractivity contribution >= 4 is 5.78 Å². The Morgan fingerprint density at radius 2 is 1.11 bits per heavy atom. The van der Waals surface area contributed by atoms with E-state index in [0.29, 0.717) is 39.9 Å². The predicted molar refractivity (Wildman–Crippen MR) is 99.7 cm³/mol. The van der Waals surface area contributed by atoms with Gasteiger partial charge in [-0.05, 0) is 0 Å². The van der Waals surface area contributed by atoms with Crippen LogP contribution in [0.2, 0.25) is 0 Å². The van der Waals surface area contributed by atoms with E-state index in [-0.39, 0.29) is 24.4 Å². The molecule has 0 radical (unpaired) electrons. The SMILES string of the molecule is COc1cc(O)c(CC(=O)Cc2c(OC)cc(OC)cc2OC)c(OC)c1. The predicted octanol–water partition coefficient (Wildman–Crippen LogP) is 2.79. The molecule has 0 fully saturated rings. The minimum absolute atomic E-state index is 0.0165. The largest absolute Gasteiger partial charge is 0.507 e. The van der Waals surface area contributed by atoms with Gasteiger partial charge in [0.25, 0.3) is 0 Å². The molecule has 0 bridgehead atoms. The van der Waals surface area contributed by atoms with Crippen molar-refractivity contribution < 1.29 is 33.6 Å². The molecule has 1 N–H and O–H groups in total. The molecule has 0 aliphatic rings. The van der Waals surface area contributed by atoms with Gasteiger partial charge in [-0.2, -0.15) is 0 Å². The van der Waals surface area contributed by atoms with Crippen molar-refractivity contribution in [2.45, 2.75) is 12.8 Å². The van der Waals surface area contributed by atoms with Crippen LogP contribution in [0.1, 0.15) is 11.1 Å². The molecule has 7 nitrogen and oxygen atoms in total. The highest BCUT2D eigenvalue weighted by Gasteiger charge is 2.20. The molecule has 0 unspecified atom stereocenters. The summed E-state index contributed by atoms with van der Waals surface area (Å²) in [6.45, 7) is 0. The van der Waals surface area contributed by atoms with E-state index >= 15 is 0 Å². The third-order valence-electron chi connectivity index (χ3n) is 4.18. The molecule has 2 aromatic carbocycles. The van der Waals surface area contributed by atoms with Crippen molar-refractivity contribution in [1.29, 1.82) is 0 Å². The monoisotopic (exact) mass is 376 g/mol. The van der Waals surface area contributed by atoms with Crippen LogP contribution in [0.3, 0.4) is 0 Å². The molecular weight excluding hydrogens is 352 g/mol. The lowest BCUT2D eigenvalue weighted by molar-refractivity contribution is -0.117. The van der Waals surface area contributed by atoms with E-state index < -0.39 is 0 Å². The molecule has 146 valence electrons. The first-order valence-electron chi connectivity index (χ1n) is 8.21. The Morgan fingerprint density at radius 3 is 1.56 bits per heavy atom. The van der Waals surface area contributed by atoms with Crippen LogP contribution in [0.5, 0.6) is 34.5 Å². The number of hydrogen-bond donors (Lipinski definition) is 1. The lowest BCUT2D eigenvalue weighted by Gasteiger charge is -2.15. The van der Waals surface area contributed by atoms with Gasteiger partial charge in [0, 0.05) is 48.2 Å². The molecular formula is C20H24O7. The lowest BCUT2D eigenvalue weighted by atomic mass is 9.99. The third kappa shape index (κ3) is 4.55. The summed E-state index contributed by atoms with van der Waals surface area (Å²) in [5.74, 6) is 2.17. The summed E-state index contributed by atoms with van der Waals surface area (Å²) in [6, 6.07) is 6.45. The van der Waals surface area contributed by atoms with Gasteiger partial charge in [0.1, 0.15) is 40.3 Å². The molecule has 2 rings (SSSR count). The highest BCUT2D eigenvalue weighted by molar-refractivity contribution is 5.86. The van der Waals surface area contributed by atoms with Crippen LogP contribution in [0.4, 0.5) is 0 Å². The van der Waals surface area contributed by atoms with Crippen molar-refractivity contribution in [1.82, 2.24) is 0 Å². The van der Waals surface area contributed by atoms with E-state index in [1.54, 1.807) is 18.2 Å². The molecule has 0 spiro atoms. The molecule has 7 heteroatoms. The highest BCUT2D eigenvalue weighted by Crippen LogP contribution is 2.36. The number of phenols is 1. The molecule has 27 heavy (non-hydrogen) atoms. The molecule has 0 saturated heterocycles. The second kappa shape index (κ2) is 9.02. The van der Waals surface area contributed by atoms with Crippen molar-refractivity contribution in [3.63, 3.8) is 0 Å². The number of phenolic OH excluding ortho intramolecular Hbond substituents is 1. The minimum atomic E-state index is -0.143. The van der Waals surface area contributed by atoms with E-state index in [0.717, 1.165) is 0 Å². The van der Waals surface area contributed by atoms with E-state index in [2.05, 4.69) is 0 Å². The summed E-state index contributed by atoms with van der Waals surface area (Å²) in [5.41, 5.74) is 1.01. The van der Waals surface area contributed by atoms with Crippen LogP contribution in [0, 0.1) is 0 Å². The number of methoxy groups -OCH3 is 5. The summed E-state index contributed by atoms with van der Waals surface area (Å²) in [4.78, 5) is 12.7. The van der Waals surface area contributed by atoms with Gasteiger partial charge in [-0.25, -0.2) is 0 Å². The van der Waals surface area contributed by atoms with Gasteiger partial charge in [0.15, 0.2) is 0 Å². The Bertz CT molecular complexity index is 789. The van der Waals surface area contributed by atoms with Crippen LogP contribution >= 0.6 is 0 Å². The van der Waals surface area contributed by atoms with Crippen LogP contribution in [0.15, 0.2) is 24.3 Å². The number of ketones is 1. The van der Waals surface area contributed by atoms with Crippen LogP contribution in [-0.2, 0) is 17.6 Å². The van der Waals surface area contributed by atoms with Crippen molar-refractivity contribution in [2.24, 2.45) is 0 Å². The van der Waals surface area contributed by atoms with Crippen LogP contribution < -0.4 is 23.7 Å². The second-order valence-corrected chi connectivity index (χ2v) is 5.73. The number of Topliss-reactive ketones (excluding diaryl/α,β-unsaturated/α-hetero) is 1. The Balaban J connectivity index is 2.31. The first kappa shape index (κ1) is 20.2. The van der Waals surface area contributed by atoms with Gasteiger partial charge in [-0.1, -0.05) is 0 Å².